The minimum atomic E-state index is -0.340. The quantitative estimate of drug-likeness (QED) is 0.653. The molecule has 1 aromatic carbocycles. The van der Waals surface area contributed by atoms with E-state index in [0.29, 0.717) is 17.9 Å². The first kappa shape index (κ1) is 21.8. The molecule has 1 atom stereocenters. The molecule has 2 aromatic rings. The summed E-state index contributed by atoms with van der Waals surface area (Å²) in [5, 5.41) is 5.67. The molecule has 2 N–H and O–H groups in total. The molecule has 0 aliphatic carbocycles. The third-order valence-corrected chi connectivity index (χ3v) is 5.39. The molecule has 3 rings (SSSR count). The van der Waals surface area contributed by atoms with Crippen LogP contribution in [0, 0.1) is 0 Å². The van der Waals surface area contributed by atoms with E-state index in [1.165, 1.54) is 6.26 Å². The summed E-state index contributed by atoms with van der Waals surface area (Å²) < 4.78 is 5.32. The molecule has 7 nitrogen and oxygen atoms in total. The van der Waals surface area contributed by atoms with Crippen LogP contribution in [-0.2, 0) is 4.79 Å². The first-order valence-electron chi connectivity index (χ1n) is 10.4. The first-order valence-corrected chi connectivity index (χ1v) is 10.4. The van der Waals surface area contributed by atoms with E-state index < -0.39 is 0 Å². The van der Waals surface area contributed by atoms with Crippen LogP contribution in [0.2, 0.25) is 0 Å². The van der Waals surface area contributed by atoms with Gasteiger partial charge in [0.2, 0.25) is 0 Å². The predicted molar refractivity (Wildman–Crippen MR) is 117 cm³/mol. The lowest BCUT2D eigenvalue weighted by molar-refractivity contribution is -0.118. The zero-order chi connectivity index (χ0) is 21.3. The van der Waals surface area contributed by atoms with Crippen LogP contribution in [0.25, 0.3) is 6.08 Å². The summed E-state index contributed by atoms with van der Waals surface area (Å²) in [7, 11) is 0. The van der Waals surface area contributed by atoms with Crippen molar-refractivity contribution >= 4 is 17.9 Å². The summed E-state index contributed by atoms with van der Waals surface area (Å²) in [6.07, 6.45) is 3.07. The van der Waals surface area contributed by atoms with Gasteiger partial charge in [-0.15, -0.1) is 0 Å². The number of furan rings is 1. The number of nitrogens with zero attached hydrogens (tertiary/aromatic N) is 2. The molecule has 1 unspecified atom stereocenters. The monoisotopic (exact) mass is 410 g/mol. The number of hydrogen-bond acceptors (Lipinski definition) is 5. The second-order valence-corrected chi connectivity index (χ2v) is 7.42. The maximum atomic E-state index is 12.9. The van der Waals surface area contributed by atoms with Crippen LogP contribution in [0.5, 0.6) is 0 Å². The Morgan fingerprint density at radius 2 is 1.83 bits per heavy atom. The largest absolute Gasteiger partial charge is 0.465 e. The van der Waals surface area contributed by atoms with Crippen molar-refractivity contribution in [3.8, 4) is 0 Å². The molecule has 1 fully saturated rings. The number of carbonyl (C=O) groups is 2. The number of carbonyl (C=O) groups excluding carboxylic acids is 2. The smallest absolute Gasteiger partial charge is 0.267 e. The van der Waals surface area contributed by atoms with Crippen LogP contribution < -0.4 is 10.6 Å². The van der Waals surface area contributed by atoms with E-state index in [0.717, 1.165) is 32.7 Å². The van der Waals surface area contributed by atoms with Crippen molar-refractivity contribution in [2.45, 2.75) is 19.9 Å². The highest BCUT2D eigenvalue weighted by atomic mass is 16.3. The predicted octanol–water partition coefficient (Wildman–Crippen LogP) is 2.19. The van der Waals surface area contributed by atoms with Crippen LogP contribution in [0.15, 0.2) is 58.8 Å². The summed E-state index contributed by atoms with van der Waals surface area (Å²) in [6, 6.07) is 12.5. The average Bonchev–Trinajstić information content (AvgIpc) is 3.30. The number of piperazine rings is 1. The molecule has 2 heterocycles. The Balaban J connectivity index is 1.62. The van der Waals surface area contributed by atoms with Gasteiger partial charge in [0.25, 0.3) is 11.8 Å². The number of nitrogens with one attached hydrogen (secondary N) is 2. The lowest BCUT2D eigenvalue weighted by Gasteiger charge is -2.37. The molecule has 0 bridgehead atoms. The molecule has 160 valence electrons. The molecule has 0 spiro atoms. The highest BCUT2D eigenvalue weighted by Gasteiger charge is 2.21. The Morgan fingerprint density at radius 1 is 1.10 bits per heavy atom. The van der Waals surface area contributed by atoms with Gasteiger partial charge >= 0.3 is 0 Å². The van der Waals surface area contributed by atoms with Crippen molar-refractivity contribution in [3.05, 3.63) is 65.7 Å². The van der Waals surface area contributed by atoms with E-state index in [1.54, 1.807) is 42.5 Å². The number of benzene rings is 1. The molecule has 1 aliphatic heterocycles. The van der Waals surface area contributed by atoms with E-state index in [4.69, 9.17) is 4.42 Å². The third kappa shape index (κ3) is 6.05. The van der Waals surface area contributed by atoms with Gasteiger partial charge in [-0.25, -0.2) is 0 Å². The van der Waals surface area contributed by atoms with E-state index in [1.807, 2.05) is 6.07 Å². The topological polar surface area (TPSA) is 77.8 Å². The van der Waals surface area contributed by atoms with E-state index in [-0.39, 0.29) is 23.6 Å². The molecule has 7 heteroatoms. The van der Waals surface area contributed by atoms with Crippen LogP contribution in [0.1, 0.15) is 30.0 Å². The van der Waals surface area contributed by atoms with Crippen molar-refractivity contribution in [2.75, 3.05) is 39.3 Å². The Bertz CT molecular complexity index is 841. The zero-order valence-electron chi connectivity index (χ0n) is 17.6. The minimum absolute atomic E-state index is 0.154. The molecule has 1 aromatic heterocycles. The van der Waals surface area contributed by atoms with E-state index in [2.05, 4.69) is 34.3 Å². The summed E-state index contributed by atoms with van der Waals surface area (Å²) in [5.74, 6) is -0.181. The van der Waals surface area contributed by atoms with Crippen LogP contribution in [-0.4, -0.2) is 66.9 Å². The summed E-state index contributed by atoms with van der Waals surface area (Å²) in [6.45, 7) is 9.94. The molecular weight excluding hydrogens is 380 g/mol. The maximum Gasteiger partial charge on any atom is 0.267 e. The molecule has 2 amide bonds. The van der Waals surface area contributed by atoms with Crippen LogP contribution >= 0.6 is 0 Å². The lowest BCUT2D eigenvalue weighted by atomic mass is 10.2. The van der Waals surface area contributed by atoms with E-state index >= 15 is 0 Å². The Hall–Kier alpha value is -2.90. The highest BCUT2D eigenvalue weighted by Crippen LogP contribution is 2.09. The fourth-order valence-corrected chi connectivity index (χ4v) is 3.44. The Labute approximate surface area is 177 Å². The Kier molecular flexibility index (Phi) is 7.82. The fraction of sp³-hybridized carbons (Fsp3) is 0.391. The van der Waals surface area contributed by atoms with Gasteiger partial charge in [0.15, 0.2) is 0 Å². The van der Waals surface area contributed by atoms with Gasteiger partial charge in [0.05, 0.1) is 6.26 Å². The fourth-order valence-electron chi connectivity index (χ4n) is 3.44. The van der Waals surface area contributed by atoms with Gasteiger partial charge in [-0.05, 0) is 37.7 Å². The lowest BCUT2D eigenvalue weighted by Crippen LogP contribution is -2.52. The van der Waals surface area contributed by atoms with Crippen molar-refractivity contribution in [1.29, 1.82) is 0 Å². The first-order chi connectivity index (χ1) is 14.6. The van der Waals surface area contributed by atoms with Crippen molar-refractivity contribution < 1.29 is 14.0 Å². The molecule has 1 aliphatic rings. The third-order valence-electron chi connectivity index (χ3n) is 5.39. The number of amides is 2. The SMILES string of the molecule is CCN1CCN(C(C)CNC(=O)C(=Cc2ccco2)NC(=O)c2ccccc2)CC1. The van der Waals surface area contributed by atoms with Gasteiger partial charge < -0.3 is 20.0 Å². The molecule has 1 saturated heterocycles. The second-order valence-electron chi connectivity index (χ2n) is 7.42. The standard InChI is InChI=1S/C23H30N4O3/c1-3-26-11-13-27(14-12-26)18(2)17-24-23(29)21(16-20-10-7-15-30-20)25-22(28)19-8-5-4-6-9-19/h4-10,15-16,18H,3,11-14,17H2,1-2H3,(H,24,29)(H,25,28). The summed E-state index contributed by atoms with van der Waals surface area (Å²) >= 11 is 0. The van der Waals surface area contributed by atoms with Crippen molar-refractivity contribution in [3.63, 3.8) is 0 Å². The molecule has 0 radical (unpaired) electrons. The normalized spacial score (nSPS) is 16.8. The minimum Gasteiger partial charge on any atom is -0.465 e. The van der Waals surface area contributed by atoms with Crippen LogP contribution in [0.4, 0.5) is 0 Å². The Morgan fingerprint density at radius 3 is 2.47 bits per heavy atom. The molecule has 0 saturated carbocycles. The van der Waals surface area contributed by atoms with E-state index in [9.17, 15) is 9.59 Å². The highest BCUT2D eigenvalue weighted by molar-refractivity contribution is 6.05. The molecule has 30 heavy (non-hydrogen) atoms. The van der Waals surface area contributed by atoms with Gasteiger partial charge in [-0.1, -0.05) is 25.1 Å². The van der Waals surface area contributed by atoms with Crippen LogP contribution in [0.3, 0.4) is 0 Å². The average molecular weight is 411 g/mol. The summed E-state index contributed by atoms with van der Waals surface area (Å²) in [5.41, 5.74) is 0.639. The number of hydrogen-bond donors (Lipinski definition) is 2. The second kappa shape index (κ2) is 10.8. The van der Waals surface area contributed by atoms with Gasteiger partial charge in [0, 0.05) is 50.4 Å². The van der Waals surface area contributed by atoms with Gasteiger partial charge in [-0.3, -0.25) is 14.5 Å². The number of rotatable bonds is 8. The van der Waals surface area contributed by atoms with Crippen molar-refractivity contribution in [1.82, 2.24) is 20.4 Å². The van der Waals surface area contributed by atoms with Crippen molar-refractivity contribution in [2.24, 2.45) is 0 Å². The maximum absolute atomic E-state index is 12.9. The zero-order valence-corrected chi connectivity index (χ0v) is 17.6. The van der Waals surface area contributed by atoms with Gasteiger partial charge in [0.1, 0.15) is 11.5 Å². The van der Waals surface area contributed by atoms with Gasteiger partial charge in [-0.2, -0.15) is 0 Å². The molecular formula is C23H30N4O3. The summed E-state index contributed by atoms with van der Waals surface area (Å²) in [4.78, 5) is 30.2. The number of likely N-dealkylation sites (N-methyl/N-ethyl adjacent to an activating group) is 1.